The molecule has 2 N–H and O–H groups in total. The van der Waals surface area contributed by atoms with Crippen LogP contribution in [0.3, 0.4) is 0 Å². The number of hydrogen-bond donors (Lipinski definition) is 2. The van der Waals surface area contributed by atoms with Crippen molar-refractivity contribution in [3.63, 3.8) is 0 Å². The number of carbonyl (C=O) groups excluding carboxylic acids is 2. The quantitative estimate of drug-likeness (QED) is 0.616. The highest BCUT2D eigenvalue weighted by Crippen LogP contribution is 2.16. The Hall–Kier alpha value is -3.14. The number of rotatable bonds is 7. The van der Waals surface area contributed by atoms with Crippen LogP contribution in [0.1, 0.15) is 28.2 Å². The van der Waals surface area contributed by atoms with E-state index >= 15 is 0 Å². The standard InChI is InChI=1S/C17H21ClN8O2/c1-11-13(18)8-22-26(11)5-4-15(27)23-14-9-21-25(3)16(14)17(28)19-6-12-7-20-24(2)10-12/h7-10H,4-6H2,1-3H3,(H,19,28)(H,23,27). The van der Waals surface area contributed by atoms with Gasteiger partial charge in [0.15, 0.2) is 0 Å². The summed E-state index contributed by atoms with van der Waals surface area (Å²) in [6.45, 7) is 2.54. The first kappa shape index (κ1) is 19.6. The van der Waals surface area contributed by atoms with Crippen LogP contribution >= 0.6 is 11.6 Å². The van der Waals surface area contributed by atoms with E-state index in [1.165, 1.54) is 10.9 Å². The van der Waals surface area contributed by atoms with E-state index in [-0.39, 0.29) is 23.9 Å². The van der Waals surface area contributed by atoms with Crippen LogP contribution < -0.4 is 10.6 Å². The summed E-state index contributed by atoms with van der Waals surface area (Å²) in [7, 11) is 3.45. The Bertz CT molecular complexity index is 1000. The fourth-order valence-corrected chi connectivity index (χ4v) is 2.84. The molecule has 3 aromatic rings. The van der Waals surface area contributed by atoms with Gasteiger partial charge in [-0.15, -0.1) is 0 Å². The normalized spacial score (nSPS) is 10.9. The second kappa shape index (κ2) is 8.26. The van der Waals surface area contributed by atoms with Crippen LogP contribution in [0.25, 0.3) is 0 Å². The molecule has 0 aliphatic rings. The molecule has 0 saturated heterocycles. The average Bonchev–Trinajstić information content (AvgIpc) is 3.32. The number of nitrogens with one attached hydrogen (secondary N) is 2. The van der Waals surface area contributed by atoms with Gasteiger partial charge < -0.3 is 10.6 Å². The van der Waals surface area contributed by atoms with E-state index in [1.54, 1.807) is 35.9 Å². The molecule has 0 unspecified atom stereocenters. The zero-order valence-electron chi connectivity index (χ0n) is 15.8. The molecule has 0 saturated carbocycles. The van der Waals surface area contributed by atoms with Crippen molar-refractivity contribution >= 4 is 29.1 Å². The Balaban J connectivity index is 1.60. The molecule has 3 heterocycles. The maximum atomic E-state index is 12.6. The van der Waals surface area contributed by atoms with Crippen LogP contribution in [0.15, 0.2) is 24.8 Å². The minimum Gasteiger partial charge on any atom is -0.346 e. The summed E-state index contributed by atoms with van der Waals surface area (Å²) in [5.41, 5.74) is 2.30. The lowest BCUT2D eigenvalue weighted by Gasteiger charge is -2.09. The van der Waals surface area contributed by atoms with E-state index in [1.807, 2.05) is 13.1 Å². The van der Waals surface area contributed by atoms with E-state index in [9.17, 15) is 9.59 Å². The predicted octanol–water partition coefficient (Wildman–Crippen LogP) is 1.27. The topological polar surface area (TPSA) is 112 Å². The Labute approximate surface area is 166 Å². The minimum atomic E-state index is -0.339. The molecule has 0 radical (unpaired) electrons. The van der Waals surface area contributed by atoms with E-state index in [0.717, 1.165) is 11.3 Å². The number of aromatic nitrogens is 6. The molecule has 0 aliphatic heterocycles. The molecule has 0 atom stereocenters. The van der Waals surface area contributed by atoms with Gasteiger partial charge >= 0.3 is 0 Å². The Morgan fingerprint density at radius 2 is 1.93 bits per heavy atom. The first-order chi connectivity index (χ1) is 13.3. The highest BCUT2D eigenvalue weighted by Gasteiger charge is 2.19. The molecule has 11 heteroatoms. The van der Waals surface area contributed by atoms with Crippen molar-refractivity contribution in [3.05, 3.63) is 46.8 Å². The third-order valence-corrected chi connectivity index (χ3v) is 4.60. The molecule has 2 amide bonds. The summed E-state index contributed by atoms with van der Waals surface area (Å²) in [6.07, 6.45) is 6.67. The maximum Gasteiger partial charge on any atom is 0.271 e. The monoisotopic (exact) mass is 404 g/mol. The lowest BCUT2D eigenvalue weighted by atomic mass is 10.3. The highest BCUT2D eigenvalue weighted by molar-refractivity contribution is 6.31. The maximum absolute atomic E-state index is 12.6. The lowest BCUT2D eigenvalue weighted by Crippen LogP contribution is -2.27. The van der Waals surface area contributed by atoms with E-state index in [4.69, 9.17) is 11.6 Å². The number of nitrogens with zero attached hydrogens (tertiary/aromatic N) is 6. The van der Waals surface area contributed by atoms with Gasteiger partial charge in [0.2, 0.25) is 5.91 Å². The minimum absolute atomic E-state index is 0.185. The smallest absolute Gasteiger partial charge is 0.271 e. The van der Waals surface area contributed by atoms with Gasteiger partial charge in [-0.25, -0.2) is 0 Å². The fraction of sp³-hybridized carbons (Fsp3) is 0.353. The Kier molecular flexibility index (Phi) is 5.78. The molecular weight excluding hydrogens is 384 g/mol. The van der Waals surface area contributed by atoms with Crippen molar-refractivity contribution in [3.8, 4) is 0 Å². The summed E-state index contributed by atoms with van der Waals surface area (Å²) in [5, 5.41) is 18.3. The molecule has 3 aromatic heterocycles. The van der Waals surface area contributed by atoms with Crippen LogP contribution in [0.5, 0.6) is 0 Å². The third-order valence-electron chi connectivity index (χ3n) is 4.23. The molecular formula is C17H21ClN8O2. The van der Waals surface area contributed by atoms with Gasteiger partial charge in [-0.1, -0.05) is 11.6 Å². The first-order valence-electron chi connectivity index (χ1n) is 8.60. The average molecular weight is 405 g/mol. The van der Waals surface area contributed by atoms with Gasteiger partial charge in [0.1, 0.15) is 5.69 Å². The molecule has 28 heavy (non-hydrogen) atoms. The number of aryl methyl sites for hydroxylation is 3. The number of carbonyl (C=O) groups is 2. The molecule has 0 bridgehead atoms. The first-order valence-corrected chi connectivity index (χ1v) is 8.98. The summed E-state index contributed by atoms with van der Waals surface area (Å²) >= 11 is 5.96. The highest BCUT2D eigenvalue weighted by atomic mass is 35.5. The van der Waals surface area contributed by atoms with E-state index in [0.29, 0.717) is 23.8 Å². The molecule has 0 aromatic carbocycles. The Morgan fingerprint density at radius 3 is 2.57 bits per heavy atom. The van der Waals surface area contributed by atoms with Gasteiger partial charge in [-0.05, 0) is 6.92 Å². The SMILES string of the molecule is Cc1c(Cl)cnn1CCC(=O)Nc1cnn(C)c1C(=O)NCc1cnn(C)c1. The molecule has 0 fully saturated rings. The van der Waals surface area contributed by atoms with Gasteiger partial charge in [0, 0.05) is 38.8 Å². The fourth-order valence-electron chi connectivity index (χ4n) is 2.70. The largest absolute Gasteiger partial charge is 0.346 e. The van der Waals surface area contributed by atoms with Gasteiger partial charge in [-0.2, -0.15) is 15.3 Å². The molecule has 10 nitrogen and oxygen atoms in total. The second-order valence-corrected chi connectivity index (χ2v) is 6.74. The van der Waals surface area contributed by atoms with Crippen LogP contribution in [-0.4, -0.2) is 41.2 Å². The second-order valence-electron chi connectivity index (χ2n) is 6.33. The van der Waals surface area contributed by atoms with E-state index < -0.39 is 0 Å². The van der Waals surface area contributed by atoms with Crippen molar-refractivity contribution in [1.82, 2.24) is 34.7 Å². The zero-order valence-corrected chi connectivity index (χ0v) is 16.6. The Morgan fingerprint density at radius 1 is 1.14 bits per heavy atom. The zero-order chi connectivity index (χ0) is 20.3. The summed E-state index contributed by atoms with van der Waals surface area (Å²) < 4.78 is 4.74. The van der Waals surface area contributed by atoms with Crippen LogP contribution in [0.4, 0.5) is 5.69 Å². The molecule has 3 rings (SSSR count). The van der Waals surface area contributed by atoms with Crippen molar-refractivity contribution in [1.29, 1.82) is 0 Å². The summed E-state index contributed by atoms with van der Waals surface area (Å²) in [6, 6.07) is 0. The summed E-state index contributed by atoms with van der Waals surface area (Å²) in [4.78, 5) is 24.9. The van der Waals surface area contributed by atoms with Crippen LogP contribution in [0, 0.1) is 6.92 Å². The molecule has 0 spiro atoms. The van der Waals surface area contributed by atoms with Crippen molar-refractivity contribution < 1.29 is 9.59 Å². The van der Waals surface area contributed by atoms with E-state index in [2.05, 4.69) is 25.9 Å². The predicted molar refractivity (Wildman–Crippen MR) is 103 cm³/mol. The number of anilines is 1. The van der Waals surface area contributed by atoms with Gasteiger partial charge in [0.05, 0.1) is 41.5 Å². The van der Waals surface area contributed by atoms with Crippen molar-refractivity contribution in [2.45, 2.75) is 26.4 Å². The number of amides is 2. The van der Waals surface area contributed by atoms with Crippen molar-refractivity contribution in [2.24, 2.45) is 14.1 Å². The lowest BCUT2D eigenvalue weighted by molar-refractivity contribution is -0.116. The summed E-state index contributed by atoms with van der Waals surface area (Å²) in [5.74, 6) is -0.589. The van der Waals surface area contributed by atoms with Crippen LogP contribution in [0.2, 0.25) is 5.02 Å². The molecule has 148 valence electrons. The number of halogens is 1. The van der Waals surface area contributed by atoms with Gasteiger partial charge in [0.25, 0.3) is 5.91 Å². The van der Waals surface area contributed by atoms with Crippen molar-refractivity contribution in [2.75, 3.05) is 5.32 Å². The third kappa shape index (κ3) is 4.39. The van der Waals surface area contributed by atoms with Crippen LogP contribution in [-0.2, 0) is 32.0 Å². The number of hydrogen-bond acceptors (Lipinski definition) is 5. The van der Waals surface area contributed by atoms with Gasteiger partial charge in [-0.3, -0.25) is 23.6 Å². The molecule has 0 aliphatic carbocycles.